The predicted octanol–water partition coefficient (Wildman–Crippen LogP) is 4.07. The summed E-state index contributed by atoms with van der Waals surface area (Å²) in [5.41, 5.74) is 9.77. The monoisotopic (exact) mass is 422 g/mol. The van der Waals surface area contributed by atoms with E-state index in [2.05, 4.69) is 32.2 Å². The van der Waals surface area contributed by atoms with Crippen LogP contribution in [0.1, 0.15) is 17.0 Å². The Morgan fingerprint density at radius 1 is 1.19 bits per heavy atom. The van der Waals surface area contributed by atoms with Crippen LogP contribution in [0.2, 0.25) is 0 Å². The van der Waals surface area contributed by atoms with E-state index < -0.39 is 0 Å². The molecule has 0 aliphatic carbocycles. The van der Waals surface area contributed by atoms with E-state index in [0.29, 0.717) is 11.5 Å². The van der Waals surface area contributed by atoms with Crippen LogP contribution in [-0.4, -0.2) is 17.3 Å². The van der Waals surface area contributed by atoms with Gasteiger partial charge in [0.05, 0.1) is 24.3 Å². The van der Waals surface area contributed by atoms with Crippen LogP contribution in [-0.2, 0) is 0 Å². The maximum absolute atomic E-state index is 9.72. The molecular formula is C20H15BrN4O2. The van der Waals surface area contributed by atoms with Crippen LogP contribution in [0.15, 0.2) is 64.5 Å². The second-order valence-electron chi connectivity index (χ2n) is 6.02. The van der Waals surface area contributed by atoms with Gasteiger partial charge in [0, 0.05) is 10.0 Å². The Labute approximate surface area is 164 Å². The molecule has 0 saturated heterocycles. The quantitative estimate of drug-likeness (QED) is 0.662. The zero-order valence-corrected chi connectivity index (χ0v) is 15.9. The molecule has 1 aliphatic rings. The Morgan fingerprint density at radius 2 is 1.89 bits per heavy atom. The minimum absolute atomic E-state index is 0.0747. The van der Waals surface area contributed by atoms with Crippen molar-refractivity contribution in [2.75, 3.05) is 7.11 Å². The van der Waals surface area contributed by atoms with Crippen molar-refractivity contribution in [1.29, 1.82) is 5.26 Å². The van der Waals surface area contributed by atoms with Crippen molar-refractivity contribution in [2.45, 2.75) is 5.92 Å². The molecule has 0 unspecified atom stereocenters. The maximum Gasteiger partial charge on any atom is 0.244 e. The van der Waals surface area contributed by atoms with Gasteiger partial charge >= 0.3 is 0 Å². The first-order valence-corrected chi connectivity index (χ1v) is 8.97. The molecular weight excluding hydrogens is 408 g/mol. The number of fused-ring (bicyclic) bond motifs is 1. The lowest BCUT2D eigenvalue weighted by atomic mass is 9.83. The minimum Gasteiger partial charge on any atom is -0.497 e. The van der Waals surface area contributed by atoms with Crippen molar-refractivity contribution in [3.8, 4) is 29.0 Å². The molecule has 2 aromatic carbocycles. The largest absolute Gasteiger partial charge is 0.497 e. The van der Waals surface area contributed by atoms with Gasteiger partial charge in [0.1, 0.15) is 17.4 Å². The highest BCUT2D eigenvalue weighted by atomic mass is 79.9. The SMILES string of the molecule is COc1ccc(-c2[nH]nc3c2[C@H](c2ccc(Br)cc2)C(C#N)=C(N)O3)cc1. The zero-order chi connectivity index (χ0) is 19.0. The fourth-order valence-electron chi connectivity index (χ4n) is 3.21. The number of methoxy groups -OCH3 is 1. The van der Waals surface area contributed by atoms with Crippen LogP contribution in [0, 0.1) is 11.3 Å². The number of nitrogens with two attached hydrogens (primary N) is 1. The molecule has 2 heterocycles. The van der Waals surface area contributed by atoms with Crippen LogP contribution in [0.25, 0.3) is 11.3 Å². The molecule has 134 valence electrons. The van der Waals surface area contributed by atoms with Gasteiger partial charge in [0.15, 0.2) is 0 Å². The van der Waals surface area contributed by atoms with Crippen molar-refractivity contribution in [3.05, 3.63) is 75.6 Å². The summed E-state index contributed by atoms with van der Waals surface area (Å²) in [7, 11) is 1.62. The summed E-state index contributed by atoms with van der Waals surface area (Å²) in [6.07, 6.45) is 0. The van der Waals surface area contributed by atoms with Crippen molar-refractivity contribution >= 4 is 15.9 Å². The Balaban J connectivity index is 1.90. The van der Waals surface area contributed by atoms with Gasteiger partial charge in [-0.25, -0.2) is 0 Å². The van der Waals surface area contributed by atoms with Crippen molar-refractivity contribution in [1.82, 2.24) is 10.2 Å². The highest BCUT2D eigenvalue weighted by Gasteiger charge is 2.35. The third-order valence-electron chi connectivity index (χ3n) is 4.52. The number of H-pyrrole nitrogens is 1. The summed E-state index contributed by atoms with van der Waals surface area (Å²) >= 11 is 3.45. The lowest BCUT2D eigenvalue weighted by Gasteiger charge is -2.24. The van der Waals surface area contributed by atoms with Crippen LogP contribution >= 0.6 is 15.9 Å². The second kappa shape index (κ2) is 6.82. The first-order valence-electron chi connectivity index (χ1n) is 8.18. The van der Waals surface area contributed by atoms with Crippen molar-refractivity contribution in [3.63, 3.8) is 0 Å². The molecule has 0 fully saturated rings. The normalized spacial score (nSPS) is 15.7. The molecule has 0 spiro atoms. The molecule has 27 heavy (non-hydrogen) atoms. The summed E-state index contributed by atoms with van der Waals surface area (Å²) in [5.74, 6) is 0.841. The lowest BCUT2D eigenvalue weighted by molar-refractivity contribution is 0.379. The first kappa shape index (κ1) is 17.2. The molecule has 0 amide bonds. The van der Waals surface area contributed by atoms with Gasteiger partial charge < -0.3 is 15.2 Å². The first-order chi connectivity index (χ1) is 13.1. The molecule has 0 radical (unpaired) electrons. The average molecular weight is 423 g/mol. The Bertz CT molecular complexity index is 1060. The summed E-state index contributed by atoms with van der Waals surface area (Å²) in [6, 6.07) is 17.6. The molecule has 3 N–H and O–H groups in total. The van der Waals surface area contributed by atoms with E-state index >= 15 is 0 Å². The number of nitrogens with zero attached hydrogens (tertiary/aromatic N) is 2. The van der Waals surface area contributed by atoms with E-state index in [0.717, 1.165) is 32.6 Å². The van der Waals surface area contributed by atoms with Gasteiger partial charge in [-0.05, 0) is 42.0 Å². The van der Waals surface area contributed by atoms with E-state index in [1.165, 1.54) is 0 Å². The van der Waals surface area contributed by atoms with E-state index in [4.69, 9.17) is 15.2 Å². The molecule has 4 rings (SSSR count). The summed E-state index contributed by atoms with van der Waals surface area (Å²) in [5, 5.41) is 17.0. The van der Waals surface area contributed by atoms with E-state index in [9.17, 15) is 5.26 Å². The number of benzene rings is 2. The highest BCUT2D eigenvalue weighted by Crippen LogP contribution is 2.45. The van der Waals surface area contributed by atoms with Crippen molar-refractivity contribution < 1.29 is 9.47 Å². The summed E-state index contributed by atoms with van der Waals surface area (Å²) in [6.45, 7) is 0. The topological polar surface area (TPSA) is 97.0 Å². The highest BCUT2D eigenvalue weighted by molar-refractivity contribution is 9.10. The van der Waals surface area contributed by atoms with Gasteiger partial charge in [-0.1, -0.05) is 28.1 Å². The Hall–Kier alpha value is -3.24. The van der Waals surface area contributed by atoms with Crippen molar-refractivity contribution in [2.24, 2.45) is 5.73 Å². The third kappa shape index (κ3) is 2.94. The number of nitriles is 1. The number of aromatic amines is 1. The van der Waals surface area contributed by atoms with Gasteiger partial charge in [-0.3, -0.25) is 5.10 Å². The number of rotatable bonds is 3. The molecule has 0 saturated carbocycles. The Kier molecular flexibility index (Phi) is 4.34. The number of nitrogens with one attached hydrogen (secondary N) is 1. The average Bonchev–Trinajstić information content (AvgIpc) is 3.11. The van der Waals surface area contributed by atoms with Crippen LogP contribution in [0.5, 0.6) is 11.6 Å². The maximum atomic E-state index is 9.72. The van der Waals surface area contributed by atoms with Crippen LogP contribution < -0.4 is 15.2 Å². The third-order valence-corrected chi connectivity index (χ3v) is 5.05. The number of hydrogen-bond acceptors (Lipinski definition) is 5. The zero-order valence-electron chi connectivity index (χ0n) is 14.4. The van der Waals surface area contributed by atoms with Gasteiger partial charge in [0.25, 0.3) is 0 Å². The smallest absolute Gasteiger partial charge is 0.244 e. The number of allylic oxidation sites excluding steroid dienone is 1. The van der Waals surface area contributed by atoms with Gasteiger partial charge in [0.2, 0.25) is 11.8 Å². The number of aromatic nitrogens is 2. The van der Waals surface area contributed by atoms with Gasteiger partial charge in [-0.15, -0.1) is 5.10 Å². The second-order valence-corrected chi connectivity index (χ2v) is 6.94. The molecule has 1 aromatic heterocycles. The van der Waals surface area contributed by atoms with E-state index in [1.54, 1.807) is 7.11 Å². The molecule has 7 heteroatoms. The number of halogens is 1. The van der Waals surface area contributed by atoms with Gasteiger partial charge in [-0.2, -0.15) is 5.26 Å². The van der Waals surface area contributed by atoms with Crippen LogP contribution in [0.3, 0.4) is 0 Å². The lowest BCUT2D eigenvalue weighted by Crippen LogP contribution is -2.20. The molecule has 0 bridgehead atoms. The molecule has 1 aliphatic heterocycles. The van der Waals surface area contributed by atoms with Crippen LogP contribution in [0.4, 0.5) is 0 Å². The minimum atomic E-state index is -0.372. The predicted molar refractivity (Wildman–Crippen MR) is 104 cm³/mol. The molecule has 3 aromatic rings. The summed E-state index contributed by atoms with van der Waals surface area (Å²) < 4.78 is 11.8. The number of ether oxygens (including phenoxy) is 2. The fraction of sp³-hybridized carbons (Fsp3) is 0.100. The summed E-state index contributed by atoms with van der Waals surface area (Å²) in [4.78, 5) is 0. The Morgan fingerprint density at radius 3 is 2.52 bits per heavy atom. The van der Waals surface area contributed by atoms with E-state index in [-0.39, 0.29) is 11.8 Å². The van der Waals surface area contributed by atoms with E-state index in [1.807, 2.05) is 48.5 Å². The number of hydrogen-bond donors (Lipinski definition) is 2. The molecule has 1 atom stereocenters. The molecule has 6 nitrogen and oxygen atoms in total. The standard InChI is InChI=1S/C20H15BrN4O2/c1-26-14-8-4-12(5-9-14)18-17-16(11-2-6-13(21)7-3-11)15(10-22)19(23)27-20(17)25-24-18/h2-9,16H,23H2,1H3,(H,24,25)/t16-/m1/s1. The fourth-order valence-corrected chi connectivity index (χ4v) is 3.48.